The maximum absolute atomic E-state index is 13.2. The third-order valence-electron chi connectivity index (χ3n) is 4.98. The van der Waals surface area contributed by atoms with Crippen LogP contribution in [0.25, 0.3) is 10.9 Å². The molecular weight excluding hydrogens is 417 g/mol. The number of halogens is 2. The van der Waals surface area contributed by atoms with Crippen molar-refractivity contribution in [2.75, 3.05) is 26.2 Å². The molecule has 1 N–H and O–H groups in total. The number of carbonyl (C=O) groups excluding carboxylic acids is 2. The normalized spacial score (nSPS) is 14.2. The van der Waals surface area contributed by atoms with E-state index in [1.165, 1.54) is 40.1 Å². The molecule has 0 radical (unpaired) electrons. The highest BCUT2D eigenvalue weighted by atomic mass is 35.5. The van der Waals surface area contributed by atoms with Gasteiger partial charge in [0, 0.05) is 43.7 Å². The molecule has 154 valence electrons. The van der Waals surface area contributed by atoms with Gasteiger partial charge in [0.2, 0.25) is 0 Å². The maximum Gasteiger partial charge on any atom is 0.275 e. The van der Waals surface area contributed by atoms with Crippen LogP contribution in [0, 0.1) is 15.9 Å². The Morgan fingerprint density at radius 1 is 1.07 bits per heavy atom. The molecule has 0 atom stereocenters. The molecule has 0 aliphatic carbocycles. The van der Waals surface area contributed by atoms with Gasteiger partial charge in [0.25, 0.3) is 17.5 Å². The first-order valence-corrected chi connectivity index (χ1v) is 9.39. The Hall–Kier alpha value is -3.53. The summed E-state index contributed by atoms with van der Waals surface area (Å²) in [6, 6.07) is 7.72. The first kappa shape index (κ1) is 19.8. The average molecular weight is 432 g/mol. The number of non-ortho nitro benzene ring substituents is 1. The molecule has 1 saturated heterocycles. The fourth-order valence-corrected chi connectivity index (χ4v) is 3.62. The van der Waals surface area contributed by atoms with E-state index >= 15 is 0 Å². The zero-order chi connectivity index (χ0) is 21.4. The van der Waals surface area contributed by atoms with Crippen LogP contribution in [0.15, 0.2) is 36.4 Å². The van der Waals surface area contributed by atoms with E-state index in [2.05, 4.69) is 10.2 Å². The highest BCUT2D eigenvalue weighted by molar-refractivity contribution is 6.33. The number of nitro benzene ring substituents is 1. The minimum Gasteiger partial charge on any atom is -0.335 e. The van der Waals surface area contributed by atoms with E-state index in [-0.39, 0.29) is 60.0 Å². The Morgan fingerprint density at radius 2 is 1.73 bits per heavy atom. The second kappa shape index (κ2) is 7.71. The molecule has 1 aromatic heterocycles. The lowest BCUT2D eigenvalue weighted by molar-refractivity contribution is -0.384. The van der Waals surface area contributed by atoms with Gasteiger partial charge < -0.3 is 9.80 Å². The summed E-state index contributed by atoms with van der Waals surface area (Å²) < 4.78 is 13.2. The number of aromatic amines is 1. The van der Waals surface area contributed by atoms with Crippen molar-refractivity contribution in [2.24, 2.45) is 0 Å². The molecule has 0 spiro atoms. The lowest BCUT2D eigenvalue weighted by atomic mass is 10.1. The smallest absolute Gasteiger partial charge is 0.275 e. The SMILES string of the molecule is O=C(c1ccc(F)cc1Cl)N1CCN(C(=O)c2n[nH]c3ccc([N+](=O)[O-])cc23)CC1. The lowest BCUT2D eigenvalue weighted by Crippen LogP contribution is -2.50. The molecule has 4 rings (SSSR count). The van der Waals surface area contributed by atoms with Crippen LogP contribution >= 0.6 is 11.6 Å². The van der Waals surface area contributed by atoms with Crippen LogP contribution in [0.3, 0.4) is 0 Å². The highest BCUT2D eigenvalue weighted by Crippen LogP contribution is 2.24. The van der Waals surface area contributed by atoms with Crippen LogP contribution in [-0.4, -0.2) is 62.9 Å². The zero-order valence-corrected chi connectivity index (χ0v) is 16.2. The Kier molecular flexibility index (Phi) is 5.08. The summed E-state index contributed by atoms with van der Waals surface area (Å²) in [5.74, 6) is -1.25. The summed E-state index contributed by atoms with van der Waals surface area (Å²) >= 11 is 5.97. The number of H-pyrrole nitrogens is 1. The predicted molar refractivity (Wildman–Crippen MR) is 106 cm³/mol. The lowest BCUT2D eigenvalue weighted by Gasteiger charge is -2.34. The van der Waals surface area contributed by atoms with Crippen molar-refractivity contribution in [1.82, 2.24) is 20.0 Å². The number of rotatable bonds is 3. The van der Waals surface area contributed by atoms with E-state index in [0.717, 1.165) is 6.07 Å². The van der Waals surface area contributed by atoms with Gasteiger partial charge in [-0.15, -0.1) is 0 Å². The molecule has 2 amide bonds. The number of benzene rings is 2. The van der Waals surface area contributed by atoms with E-state index in [4.69, 9.17) is 11.6 Å². The number of nitrogens with zero attached hydrogens (tertiary/aromatic N) is 4. The Balaban J connectivity index is 1.48. The quantitative estimate of drug-likeness (QED) is 0.506. The van der Waals surface area contributed by atoms with Gasteiger partial charge in [-0.3, -0.25) is 24.8 Å². The predicted octanol–water partition coefficient (Wildman–Crippen LogP) is 2.86. The molecule has 1 aliphatic heterocycles. The Bertz CT molecular complexity index is 1170. The van der Waals surface area contributed by atoms with E-state index in [1.807, 2.05) is 0 Å². The van der Waals surface area contributed by atoms with Crippen molar-refractivity contribution in [3.8, 4) is 0 Å². The van der Waals surface area contributed by atoms with E-state index < -0.39 is 10.7 Å². The van der Waals surface area contributed by atoms with Crippen molar-refractivity contribution in [2.45, 2.75) is 0 Å². The monoisotopic (exact) mass is 431 g/mol. The summed E-state index contributed by atoms with van der Waals surface area (Å²) in [4.78, 5) is 39.1. The minimum absolute atomic E-state index is 0.0306. The fraction of sp³-hybridized carbons (Fsp3) is 0.211. The number of aromatic nitrogens is 2. The second-order valence-corrected chi connectivity index (χ2v) is 7.17. The van der Waals surface area contributed by atoms with Gasteiger partial charge in [-0.1, -0.05) is 11.6 Å². The molecule has 1 fully saturated rings. The topological polar surface area (TPSA) is 112 Å². The van der Waals surface area contributed by atoms with Gasteiger partial charge in [-0.25, -0.2) is 4.39 Å². The van der Waals surface area contributed by atoms with Crippen molar-refractivity contribution in [3.63, 3.8) is 0 Å². The van der Waals surface area contributed by atoms with Gasteiger partial charge in [0.05, 0.1) is 21.0 Å². The highest BCUT2D eigenvalue weighted by Gasteiger charge is 2.28. The van der Waals surface area contributed by atoms with E-state index in [0.29, 0.717) is 10.9 Å². The molecule has 11 heteroatoms. The first-order chi connectivity index (χ1) is 14.3. The van der Waals surface area contributed by atoms with Crippen LogP contribution < -0.4 is 0 Å². The van der Waals surface area contributed by atoms with Crippen LogP contribution in [0.1, 0.15) is 20.8 Å². The first-order valence-electron chi connectivity index (χ1n) is 9.01. The summed E-state index contributed by atoms with van der Waals surface area (Å²) in [6.45, 7) is 1.04. The number of nitro groups is 1. The summed E-state index contributed by atoms with van der Waals surface area (Å²) in [5.41, 5.74) is 0.673. The molecule has 2 heterocycles. The second-order valence-electron chi connectivity index (χ2n) is 6.77. The summed E-state index contributed by atoms with van der Waals surface area (Å²) in [6.07, 6.45) is 0. The number of piperazine rings is 1. The van der Waals surface area contributed by atoms with Crippen LogP contribution in [0.4, 0.5) is 10.1 Å². The Morgan fingerprint density at radius 3 is 2.37 bits per heavy atom. The van der Waals surface area contributed by atoms with Crippen LogP contribution in [0.2, 0.25) is 5.02 Å². The molecule has 3 aromatic rings. The van der Waals surface area contributed by atoms with Gasteiger partial charge in [0.1, 0.15) is 5.82 Å². The number of nitrogens with one attached hydrogen (secondary N) is 1. The van der Waals surface area contributed by atoms with Crippen molar-refractivity contribution in [3.05, 3.63) is 68.6 Å². The van der Waals surface area contributed by atoms with E-state index in [1.54, 1.807) is 0 Å². The zero-order valence-electron chi connectivity index (χ0n) is 15.5. The number of hydrogen-bond donors (Lipinski definition) is 1. The fourth-order valence-electron chi connectivity index (χ4n) is 3.37. The number of fused-ring (bicyclic) bond motifs is 1. The molecule has 2 aromatic carbocycles. The molecule has 0 unspecified atom stereocenters. The molecule has 0 saturated carbocycles. The number of hydrogen-bond acceptors (Lipinski definition) is 5. The molecule has 9 nitrogen and oxygen atoms in total. The maximum atomic E-state index is 13.2. The average Bonchev–Trinajstić information content (AvgIpc) is 3.16. The molecule has 30 heavy (non-hydrogen) atoms. The van der Waals surface area contributed by atoms with Gasteiger partial charge in [-0.05, 0) is 24.3 Å². The standard InChI is InChI=1S/C19H15ClFN5O4/c20-15-9-11(21)1-3-13(15)18(27)24-5-7-25(8-6-24)19(28)17-14-10-12(26(29)30)2-4-16(14)22-23-17/h1-4,9-10H,5-8H2,(H,22,23). The van der Waals surface area contributed by atoms with Crippen molar-refractivity contribution >= 4 is 40.0 Å². The number of amides is 2. The van der Waals surface area contributed by atoms with Gasteiger partial charge >= 0.3 is 0 Å². The van der Waals surface area contributed by atoms with Gasteiger partial charge in [-0.2, -0.15) is 5.10 Å². The van der Waals surface area contributed by atoms with Crippen molar-refractivity contribution in [1.29, 1.82) is 0 Å². The molecular formula is C19H15ClFN5O4. The van der Waals surface area contributed by atoms with Crippen LogP contribution in [-0.2, 0) is 0 Å². The minimum atomic E-state index is -0.536. The third-order valence-corrected chi connectivity index (χ3v) is 5.29. The number of carbonyl (C=O) groups is 2. The summed E-state index contributed by atoms with van der Waals surface area (Å²) in [5, 5.41) is 18.1. The third kappa shape index (κ3) is 3.57. The summed E-state index contributed by atoms with van der Waals surface area (Å²) in [7, 11) is 0. The van der Waals surface area contributed by atoms with Gasteiger partial charge in [0.15, 0.2) is 5.69 Å². The molecule has 1 aliphatic rings. The Labute approximate surface area is 174 Å². The largest absolute Gasteiger partial charge is 0.335 e. The van der Waals surface area contributed by atoms with E-state index in [9.17, 15) is 24.1 Å². The van der Waals surface area contributed by atoms with Crippen LogP contribution in [0.5, 0.6) is 0 Å². The molecule has 0 bridgehead atoms. The van der Waals surface area contributed by atoms with Crippen molar-refractivity contribution < 1.29 is 18.9 Å².